The van der Waals surface area contributed by atoms with E-state index in [-0.39, 0.29) is 9.39 Å². The maximum atomic E-state index is 12.2. The fourth-order valence-electron chi connectivity index (χ4n) is 0.885. The second-order valence-electron chi connectivity index (χ2n) is 2.54. The van der Waals surface area contributed by atoms with Crippen molar-refractivity contribution < 1.29 is 13.7 Å². The third kappa shape index (κ3) is 2.14. The first-order valence-electron chi connectivity index (χ1n) is 3.53. The largest absolute Gasteiger partial charge is 0.280 e. The van der Waals surface area contributed by atoms with E-state index in [0.717, 1.165) is 6.07 Å². The summed E-state index contributed by atoms with van der Waals surface area (Å²) in [6.07, 6.45) is -2.79. The molecule has 76 valence electrons. The van der Waals surface area contributed by atoms with Crippen LogP contribution < -0.4 is 0 Å². The molecule has 0 unspecified atom stereocenters. The van der Waals surface area contributed by atoms with E-state index in [4.69, 9.17) is 0 Å². The summed E-state index contributed by atoms with van der Waals surface area (Å²) >= 11 is 1.69. The minimum absolute atomic E-state index is 0.229. The molecule has 0 bridgehead atoms. The highest BCUT2D eigenvalue weighted by Gasteiger charge is 2.20. The molecule has 0 saturated carbocycles. The zero-order valence-corrected chi connectivity index (χ0v) is 9.16. The highest BCUT2D eigenvalue weighted by molar-refractivity contribution is 14.1. The Hall–Kier alpha value is -0.860. The number of nitro groups is 1. The smallest absolute Gasteiger partial charge is 0.258 e. The minimum atomic E-state index is -2.79. The Kier molecular flexibility index (Phi) is 3.29. The van der Waals surface area contributed by atoms with E-state index in [9.17, 15) is 18.9 Å². The number of hydrogen-bond acceptors (Lipinski definition) is 3. The van der Waals surface area contributed by atoms with Gasteiger partial charge in [-0.1, -0.05) is 0 Å². The van der Waals surface area contributed by atoms with Crippen LogP contribution in [0.15, 0.2) is 6.07 Å². The zero-order valence-electron chi connectivity index (χ0n) is 7.00. The van der Waals surface area contributed by atoms with Gasteiger partial charge >= 0.3 is 0 Å². The predicted octanol–water partition coefficient (Wildman–Crippen LogP) is 2.84. The SMILES string of the molecule is Cc1c([N+](=O)[O-])cc(C(F)F)nc1I. The number of halogens is 3. The van der Waals surface area contributed by atoms with Gasteiger partial charge in [0, 0.05) is 6.07 Å². The van der Waals surface area contributed by atoms with Gasteiger partial charge in [0.25, 0.3) is 12.1 Å². The van der Waals surface area contributed by atoms with E-state index in [0.29, 0.717) is 5.56 Å². The van der Waals surface area contributed by atoms with Crippen LogP contribution in [-0.2, 0) is 0 Å². The Bertz CT molecular complexity index is 384. The molecule has 0 aliphatic heterocycles. The lowest BCUT2D eigenvalue weighted by molar-refractivity contribution is -0.385. The van der Waals surface area contributed by atoms with Gasteiger partial charge < -0.3 is 0 Å². The number of aromatic nitrogens is 1. The quantitative estimate of drug-likeness (QED) is 0.365. The Morgan fingerprint density at radius 3 is 2.64 bits per heavy atom. The molecule has 0 amide bonds. The van der Waals surface area contributed by atoms with Gasteiger partial charge in [-0.3, -0.25) is 10.1 Å². The monoisotopic (exact) mass is 314 g/mol. The van der Waals surface area contributed by atoms with Gasteiger partial charge in [0.15, 0.2) is 0 Å². The molecule has 0 aliphatic rings. The molecule has 0 fully saturated rings. The lowest BCUT2D eigenvalue weighted by Crippen LogP contribution is -2.00. The van der Waals surface area contributed by atoms with E-state index in [1.165, 1.54) is 6.92 Å². The third-order valence-electron chi connectivity index (χ3n) is 1.63. The number of nitrogens with zero attached hydrogens (tertiary/aromatic N) is 2. The first-order valence-corrected chi connectivity index (χ1v) is 4.61. The van der Waals surface area contributed by atoms with E-state index in [2.05, 4.69) is 4.98 Å². The molecule has 14 heavy (non-hydrogen) atoms. The predicted molar refractivity (Wildman–Crippen MR) is 53.3 cm³/mol. The Morgan fingerprint density at radius 1 is 1.64 bits per heavy atom. The van der Waals surface area contributed by atoms with Crippen molar-refractivity contribution in [3.05, 3.63) is 31.1 Å². The van der Waals surface area contributed by atoms with Gasteiger partial charge in [-0.05, 0) is 29.5 Å². The first-order chi connectivity index (χ1) is 6.43. The summed E-state index contributed by atoms with van der Waals surface area (Å²) < 4.78 is 24.7. The van der Waals surface area contributed by atoms with Crippen LogP contribution in [0.5, 0.6) is 0 Å². The van der Waals surface area contributed by atoms with Crippen LogP contribution >= 0.6 is 22.6 Å². The summed E-state index contributed by atoms with van der Waals surface area (Å²) in [5, 5.41) is 10.5. The van der Waals surface area contributed by atoms with Crippen molar-refractivity contribution in [1.29, 1.82) is 0 Å². The van der Waals surface area contributed by atoms with Crippen LogP contribution in [0.3, 0.4) is 0 Å². The minimum Gasteiger partial charge on any atom is -0.258 e. The van der Waals surface area contributed by atoms with Crippen LogP contribution in [0.2, 0.25) is 0 Å². The van der Waals surface area contributed by atoms with Gasteiger partial charge in [-0.2, -0.15) is 0 Å². The van der Waals surface area contributed by atoms with E-state index in [1.54, 1.807) is 22.6 Å². The lowest BCUT2D eigenvalue weighted by atomic mass is 10.2. The van der Waals surface area contributed by atoms with Crippen molar-refractivity contribution in [2.75, 3.05) is 0 Å². The number of alkyl halides is 2. The lowest BCUT2D eigenvalue weighted by Gasteiger charge is -2.03. The molecule has 1 heterocycles. The van der Waals surface area contributed by atoms with Crippen LogP contribution in [0.25, 0.3) is 0 Å². The molecule has 4 nitrogen and oxygen atoms in total. The molecule has 0 spiro atoms. The van der Waals surface area contributed by atoms with Crippen LogP contribution in [0.1, 0.15) is 17.7 Å². The molecule has 1 rings (SSSR count). The molecule has 0 saturated heterocycles. The van der Waals surface area contributed by atoms with Crippen molar-refractivity contribution in [1.82, 2.24) is 4.98 Å². The number of hydrogen-bond donors (Lipinski definition) is 0. The standard InChI is InChI=1S/C7H5F2IN2O2/c1-3-5(12(13)14)2-4(6(8)9)11-7(3)10/h2,6H,1H3. The molecule has 0 aromatic carbocycles. The highest BCUT2D eigenvalue weighted by Crippen LogP contribution is 2.27. The fourth-order valence-corrected chi connectivity index (χ4v) is 1.44. The molecule has 0 atom stereocenters. The van der Waals surface area contributed by atoms with Crippen LogP contribution in [-0.4, -0.2) is 9.91 Å². The maximum absolute atomic E-state index is 12.2. The fraction of sp³-hybridized carbons (Fsp3) is 0.286. The van der Waals surface area contributed by atoms with Crippen molar-refractivity contribution >= 4 is 28.3 Å². The van der Waals surface area contributed by atoms with Crippen molar-refractivity contribution in [3.63, 3.8) is 0 Å². The van der Waals surface area contributed by atoms with Crippen LogP contribution in [0, 0.1) is 20.7 Å². The maximum Gasteiger partial charge on any atom is 0.280 e. The van der Waals surface area contributed by atoms with E-state index in [1.807, 2.05) is 0 Å². The Labute approximate surface area is 91.6 Å². The average Bonchev–Trinajstić information content (AvgIpc) is 2.08. The van der Waals surface area contributed by atoms with Gasteiger partial charge in [0.05, 0.1) is 10.5 Å². The summed E-state index contributed by atoms with van der Waals surface area (Å²) in [5.41, 5.74) is -0.577. The molecule has 0 N–H and O–H groups in total. The van der Waals surface area contributed by atoms with E-state index >= 15 is 0 Å². The molecule has 0 radical (unpaired) electrons. The second-order valence-corrected chi connectivity index (χ2v) is 3.56. The molecule has 1 aromatic heterocycles. The van der Waals surface area contributed by atoms with Crippen LogP contribution in [0.4, 0.5) is 14.5 Å². The van der Waals surface area contributed by atoms with E-state index < -0.39 is 17.0 Å². The Balaban J connectivity index is 3.35. The molecule has 0 aliphatic carbocycles. The topological polar surface area (TPSA) is 56.0 Å². The van der Waals surface area contributed by atoms with Crippen molar-refractivity contribution in [3.8, 4) is 0 Å². The number of rotatable bonds is 2. The van der Waals surface area contributed by atoms with Gasteiger partial charge in [0.1, 0.15) is 9.39 Å². The summed E-state index contributed by atoms with van der Waals surface area (Å²) in [6, 6.07) is 0.808. The summed E-state index contributed by atoms with van der Waals surface area (Å²) in [4.78, 5) is 13.3. The highest BCUT2D eigenvalue weighted by atomic mass is 127. The van der Waals surface area contributed by atoms with Gasteiger partial charge in [0.2, 0.25) is 0 Å². The van der Waals surface area contributed by atoms with Gasteiger partial charge in [-0.15, -0.1) is 0 Å². The first kappa shape index (κ1) is 11.2. The molecule has 7 heteroatoms. The van der Waals surface area contributed by atoms with Gasteiger partial charge in [-0.25, -0.2) is 13.8 Å². The average molecular weight is 314 g/mol. The zero-order chi connectivity index (χ0) is 10.9. The normalized spacial score (nSPS) is 10.6. The molecule has 1 aromatic rings. The third-order valence-corrected chi connectivity index (χ3v) is 2.68. The summed E-state index contributed by atoms with van der Waals surface area (Å²) in [7, 11) is 0. The molecular weight excluding hydrogens is 309 g/mol. The van der Waals surface area contributed by atoms with Crippen molar-refractivity contribution in [2.45, 2.75) is 13.3 Å². The molecular formula is C7H5F2IN2O2. The number of pyridine rings is 1. The summed E-state index contributed by atoms with van der Waals surface area (Å²) in [5.74, 6) is 0. The Morgan fingerprint density at radius 2 is 2.21 bits per heavy atom. The summed E-state index contributed by atoms with van der Waals surface area (Å²) in [6.45, 7) is 1.47. The van der Waals surface area contributed by atoms with Crippen molar-refractivity contribution in [2.24, 2.45) is 0 Å². The second kappa shape index (κ2) is 4.11.